The van der Waals surface area contributed by atoms with Gasteiger partial charge in [0.25, 0.3) is 0 Å². The number of nitrogens with one attached hydrogen (secondary N) is 1. The molecule has 0 aromatic heterocycles. The zero-order valence-electron chi connectivity index (χ0n) is 14.5. The molecule has 1 fully saturated rings. The summed E-state index contributed by atoms with van der Waals surface area (Å²) < 4.78 is 0. The highest BCUT2D eigenvalue weighted by atomic mass is 32.2. The highest BCUT2D eigenvalue weighted by Crippen LogP contribution is 2.20. The van der Waals surface area contributed by atoms with Gasteiger partial charge in [-0.2, -0.15) is 11.8 Å². The Kier molecular flexibility index (Phi) is 18.0. The van der Waals surface area contributed by atoms with Gasteiger partial charge in [0.15, 0.2) is 0 Å². The average Bonchev–Trinajstić information content (AvgIpc) is 2.55. The van der Waals surface area contributed by atoms with E-state index in [1.54, 1.807) is 0 Å². The zero-order chi connectivity index (χ0) is 16.6. The van der Waals surface area contributed by atoms with Crippen molar-refractivity contribution in [2.75, 3.05) is 31.6 Å². The monoisotopic (exact) mass is 319 g/mol. The molecule has 4 nitrogen and oxygen atoms in total. The standard InChI is InChI=1S/C6H13NS.C5H14N2.C5H10O/c7-5-6-1-3-8-4-2-6;1-5(2,4-6)7-3;1-2-3-4-5-6/h6H,1-5,7H2;7H,4,6H2,1-3H3;5H,2-4H2,1H3. The molecule has 0 saturated carbocycles. The summed E-state index contributed by atoms with van der Waals surface area (Å²) in [6, 6.07) is 0. The molecule has 0 radical (unpaired) electrons. The van der Waals surface area contributed by atoms with E-state index in [1.807, 2.05) is 7.05 Å². The Morgan fingerprint density at radius 3 is 2.05 bits per heavy atom. The first kappa shape index (κ1) is 23.2. The van der Waals surface area contributed by atoms with Crippen molar-refractivity contribution in [3.05, 3.63) is 0 Å². The maximum atomic E-state index is 9.56. The van der Waals surface area contributed by atoms with Crippen molar-refractivity contribution in [1.82, 2.24) is 5.32 Å². The second-order valence-corrected chi connectivity index (χ2v) is 7.16. The molecule has 0 unspecified atom stereocenters. The van der Waals surface area contributed by atoms with Crippen LogP contribution in [0, 0.1) is 5.92 Å². The molecular weight excluding hydrogens is 282 g/mol. The molecule has 0 bridgehead atoms. The summed E-state index contributed by atoms with van der Waals surface area (Å²) in [4.78, 5) is 9.56. The van der Waals surface area contributed by atoms with Crippen LogP contribution in [-0.2, 0) is 4.79 Å². The van der Waals surface area contributed by atoms with Gasteiger partial charge >= 0.3 is 0 Å². The minimum absolute atomic E-state index is 0.111. The highest BCUT2D eigenvalue weighted by Gasteiger charge is 2.10. The van der Waals surface area contributed by atoms with E-state index >= 15 is 0 Å². The smallest absolute Gasteiger partial charge is 0.119 e. The van der Waals surface area contributed by atoms with Crippen LogP contribution in [0.15, 0.2) is 0 Å². The fraction of sp³-hybridized carbons (Fsp3) is 0.938. The quantitative estimate of drug-likeness (QED) is 0.517. The van der Waals surface area contributed by atoms with E-state index in [0.717, 1.165) is 38.0 Å². The Hall–Kier alpha value is -0.100. The number of hydrogen-bond donors (Lipinski definition) is 3. The van der Waals surface area contributed by atoms with E-state index in [1.165, 1.54) is 24.3 Å². The van der Waals surface area contributed by atoms with Crippen LogP contribution < -0.4 is 16.8 Å². The van der Waals surface area contributed by atoms with Crippen LogP contribution in [0.3, 0.4) is 0 Å². The minimum atomic E-state index is 0.111. The molecule has 0 aliphatic carbocycles. The molecule has 0 aromatic rings. The van der Waals surface area contributed by atoms with Crippen LogP contribution >= 0.6 is 11.8 Å². The molecule has 5 N–H and O–H groups in total. The van der Waals surface area contributed by atoms with Gasteiger partial charge in [0.2, 0.25) is 0 Å². The Morgan fingerprint density at radius 1 is 1.29 bits per heavy atom. The summed E-state index contributed by atoms with van der Waals surface area (Å²) in [5, 5.41) is 3.07. The second-order valence-electron chi connectivity index (χ2n) is 5.94. The van der Waals surface area contributed by atoms with Gasteiger partial charge in [0.1, 0.15) is 6.29 Å². The van der Waals surface area contributed by atoms with Gasteiger partial charge in [0.05, 0.1) is 0 Å². The van der Waals surface area contributed by atoms with Crippen LogP contribution in [0.5, 0.6) is 0 Å². The maximum Gasteiger partial charge on any atom is 0.119 e. The van der Waals surface area contributed by atoms with Crippen molar-refractivity contribution in [2.45, 2.75) is 58.4 Å². The molecule has 128 valence electrons. The lowest BCUT2D eigenvalue weighted by molar-refractivity contribution is -0.107. The lowest BCUT2D eigenvalue weighted by atomic mass is 10.0. The van der Waals surface area contributed by atoms with Gasteiger partial charge in [-0.05, 0) is 64.1 Å². The Morgan fingerprint density at radius 2 is 1.86 bits per heavy atom. The van der Waals surface area contributed by atoms with Gasteiger partial charge < -0.3 is 21.6 Å². The maximum absolute atomic E-state index is 9.56. The summed E-state index contributed by atoms with van der Waals surface area (Å²) in [7, 11) is 1.91. The number of aldehydes is 1. The molecule has 1 aliphatic rings. The van der Waals surface area contributed by atoms with Gasteiger partial charge in [-0.1, -0.05) is 13.3 Å². The van der Waals surface area contributed by atoms with Gasteiger partial charge in [-0.3, -0.25) is 0 Å². The van der Waals surface area contributed by atoms with E-state index in [-0.39, 0.29) is 5.54 Å². The summed E-state index contributed by atoms with van der Waals surface area (Å²) >= 11 is 2.06. The van der Waals surface area contributed by atoms with Crippen molar-refractivity contribution < 1.29 is 4.79 Å². The summed E-state index contributed by atoms with van der Waals surface area (Å²) in [5.74, 6) is 3.51. The third-order valence-corrected chi connectivity index (χ3v) is 4.59. The van der Waals surface area contributed by atoms with E-state index in [0.29, 0.717) is 6.54 Å². The van der Waals surface area contributed by atoms with Gasteiger partial charge in [0, 0.05) is 18.5 Å². The van der Waals surface area contributed by atoms with Crippen LogP contribution in [0.25, 0.3) is 0 Å². The third kappa shape index (κ3) is 17.8. The number of thioether (sulfide) groups is 1. The molecule has 1 heterocycles. The number of carbonyl (C=O) groups excluding carboxylic acids is 1. The Bertz CT molecular complexity index is 214. The molecule has 21 heavy (non-hydrogen) atoms. The topological polar surface area (TPSA) is 81.1 Å². The summed E-state index contributed by atoms with van der Waals surface area (Å²) in [6.45, 7) is 7.79. The minimum Gasteiger partial charge on any atom is -0.330 e. The molecule has 0 amide bonds. The van der Waals surface area contributed by atoms with Crippen LogP contribution in [0.4, 0.5) is 0 Å². The molecule has 5 heteroatoms. The van der Waals surface area contributed by atoms with E-state index in [2.05, 4.69) is 37.8 Å². The van der Waals surface area contributed by atoms with Gasteiger partial charge in [-0.15, -0.1) is 0 Å². The lowest BCUT2D eigenvalue weighted by Gasteiger charge is -2.20. The Labute approximate surface area is 136 Å². The van der Waals surface area contributed by atoms with Crippen molar-refractivity contribution in [3.63, 3.8) is 0 Å². The normalized spacial score (nSPS) is 15.3. The molecule has 0 spiro atoms. The summed E-state index contributed by atoms with van der Waals surface area (Å²) in [5.41, 5.74) is 11.0. The predicted octanol–water partition coefficient (Wildman–Crippen LogP) is 2.41. The number of hydrogen-bond acceptors (Lipinski definition) is 5. The van der Waals surface area contributed by atoms with Crippen LogP contribution in [0.2, 0.25) is 0 Å². The number of rotatable bonds is 6. The molecular formula is C16H37N3OS. The first-order valence-electron chi connectivity index (χ1n) is 8.07. The van der Waals surface area contributed by atoms with Crippen LogP contribution in [-0.4, -0.2) is 43.5 Å². The van der Waals surface area contributed by atoms with E-state index in [4.69, 9.17) is 11.5 Å². The highest BCUT2D eigenvalue weighted by molar-refractivity contribution is 7.99. The molecule has 1 saturated heterocycles. The Balaban J connectivity index is 0. The van der Waals surface area contributed by atoms with Crippen molar-refractivity contribution in [1.29, 1.82) is 0 Å². The molecule has 0 atom stereocenters. The molecule has 1 rings (SSSR count). The summed E-state index contributed by atoms with van der Waals surface area (Å²) in [6.07, 6.45) is 6.56. The zero-order valence-corrected chi connectivity index (χ0v) is 15.3. The predicted molar refractivity (Wildman–Crippen MR) is 96.9 cm³/mol. The fourth-order valence-electron chi connectivity index (χ4n) is 1.37. The van der Waals surface area contributed by atoms with E-state index in [9.17, 15) is 4.79 Å². The number of likely N-dealkylation sites (N-methyl/N-ethyl adjacent to an activating group) is 1. The third-order valence-electron chi connectivity index (χ3n) is 3.54. The lowest BCUT2D eigenvalue weighted by Crippen LogP contribution is -2.43. The molecule has 1 aliphatic heterocycles. The average molecular weight is 320 g/mol. The van der Waals surface area contributed by atoms with Crippen molar-refractivity contribution >= 4 is 18.0 Å². The second kappa shape index (κ2) is 16.3. The van der Waals surface area contributed by atoms with Crippen molar-refractivity contribution in [2.24, 2.45) is 17.4 Å². The fourth-order valence-corrected chi connectivity index (χ4v) is 2.58. The van der Waals surface area contributed by atoms with Crippen LogP contribution in [0.1, 0.15) is 52.9 Å². The number of unbranched alkanes of at least 4 members (excludes halogenated alkanes) is 2. The van der Waals surface area contributed by atoms with Crippen molar-refractivity contribution in [3.8, 4) is 0 Å². The number of nitrogens with two attached hydrogens (primary N) is 2. The van der Waals surface area contributed by atoms with E-state index < -0.39 is 0 Å². The first-order chi connectivity index (χ1) is 9.97. The SMILES string of the molecule is CCCCC=O.CNC(C)(C)CN.NCC1CCSCC1. The first-order valence-corrected chi connectivity index (χ1v) is 9.23. The molecule has 0 aromatic carbocycles. The largest absolute Gasteiger partial charge is 0.330 e. The van der Waals surface area contributed by atoms with Gasteiger partial charge in [-0.25, -0.2) is 0 Å². The number of carbonyl (C=O) groups is 1.